The molecule has 1 aliphatic heterocycles. The van der Waals surface area contributed by atoms with Gasteiger partial charge in [-0.15, -0.1) is 0 Å². The standard InChI is InChI=1S/C17H21N5O2/c1-12-14(4-3-6-18-12)17(23)20-10-13-5-7-19-16(21-13)15-11-22(2)8-9-24-15/h3-7,15H,8-11H2,1-2H3,(H,20,23)/t15-/m0/s1. The van der Waals surface area contributed by atoms with E-state index in [1.807, 2.05) is 6.92 Å². The van der Waals surface area contributed by atoms with Gasteiger partial charge in [0.1, 0.15) is 6.10 Å². The number of morpholine rings is 1. The average molecular weight is 327 g/mol. The minimum atomic E-state index is -0.158. The molecule has 0 unspecified atom stereocenters. The second-order valence-electron chi connectivity index (χ2n) is 5.85. The summed E-state index contributed by atoms with van der Waals surface area (Å²) in [4.78, 5) is 27.4. The van der Waals surface area contributed by atoms with Gasteiger partial charge in [0.2, 0.25) is 0 Å². The molecule has 0 spiro atoms. The third kappa shape index (κ3) is 3.93. The zero-order valence-corrected chi connectivity index (χ0v) is 13.9. The molecule has 1 aliphatic rings. The molecule has 2 aromatic rings. The predicted molar refractivity (Wildman–Crippen MR) is 88.4 cm³/mol. The monoisotopic (exact) mass is 327 g/mol. The van der Waals surface area contributed by atoms with Crippen molar-refractivity contribution in [3.05, 3.63) is 53.4 Å². The molecule has 0 bridgehead atoms. The summed E-state index contributed by atoms with van der Waals surface area (Å²) in [6.45, 7) is 4.51. The van der Waals surface area contributed by atoms with Crippen molar-refractivity contribution in [2.24, 2.45) is 0 Å². The molecule has 7 heteroatoms. The molecule has 2 aromatic heterocycles. The zero-order chi connectivity index (χ0) is 16.9. The van der Waals surface area contributed by atoms with Crippen LogP contribution in [0.15, 0.2) is 30.6 Å². The number of likely N-dealkylation sites (N-methyl/N-ethyl adjacent to an activating group) is 1. The number of aromatic nitrogens is 3. The highest BCUT2D eigenvalue weighted by Gasteiger charge is 2.22. The zero-order valence-electron chi connectivity index (χ0n) is 13.9. The number of nitrogens with one attached hydrogen (secondary N) is 1. The molecule has 3 heterocycles. The average Bonchev–Trinajstić information content (AvgIpc) is 2.60. The molecule has 1 N–H and O–H groups in total. The van der Waals surface area contributed by atoms with Crippen LogP contribution in [0.4, 0.5) is 0 Å². The largest absolute Gasteiger partial charge is 0.368 e. The Bertz CT molecular complexity index is 722. The molecular weight excluding hydrogens is 306 g/mol. The lowest BCUT2D eigenvalue weighted by Crippen LogP contribution is -2.36. The number of aryl methyl sites for hydroxylation is 1. The van der Waals surface area contributed by atoms with Crippen molar-refractivity contribution in [2.75, 3.05) is 26.7 Å². The molecule has 1 amide bonds. The van der Waals surface area contributed by atoms with Crippen LogP contribution in [0, 0.1) is 6.92 Å². The van der Waals surface area contributed by atoms with Gasteiger partial charge in [-0.2, -0.15) is 0 Å². The van der Waals surface area contributed by atoms with Crippen LogP contribution in [0.2, 0.25) is 0 Å². The van der Waals surface area contributed by atoms with Crippen LogP contribution in [-0.2, 0) is 11.3 Å². The van der Waals surface area contributed by atoms with Gasteiger partial charge in [0.25, 0.3) is 5.91 Å². The van der Waals surface area contributed by atoms with E-state index in [2.05, 4.69) is 32.2 Å². The summed E-state index contributed by atoms with van der Waals surface area (Å²) in [5.74, 6) is 0.500. The van der Waals surface area contributed by atoms with E-state index in [1.165, 1.54) is 0 Å². The number of pyridine rings is 1. The van der Waals surface area contributed by atoms with Crippen molar-refractivity contribution in [1.82, 2.24) is 25.2 Å². The fraction of sp³-hybridized carbons (Fsp3) is 0.412. The van der Waals surface area contributed by atoms with Gasteiger partial charge in [0.15, 0.2) is 5.82 Å². The van der Waals surface area contributed by atoms with Crippen LogP contribution in [-0.4, -0.2) is 52.5 Å². The van der Waals surface area contributed by atoms with Crippen molar-refractivity contribution in [1.29, 1.82) is 0 Å². The molecule has 0 radical (unpaired) electrons. The molecule has 1 atom stereocenters. The Balaban J connectivity index is 1.64. The van der Waals surface area contributed by atoms with Crippen LogP contribution < -0.4 is 5.32 Å². The van der Waals surface area contributed by atoms with Gasteiger partial charge in [0.05, 0.1) is 24.4 Å². The molecule has 24 heavy (non-hydrogen) atoms. The molecule has 7 nitrogen and oxygen atoms in total. The van der Waals surface area contributed by atoms with E-state index in [4.69, 9.17) is 4.74 Å². The third-order valence-electron chi connectivity index (χ3n) is 3.97. The minimum absolute atomic E-state index is 0.125. The van der Waals surface area contributed by atoms with E-state index in [-0.39, 0.29) is 12.0 Å². The third-order valence-corrected chi connectivity index (χ3v) is 3.97. The SMILES string of the molecule is Cc1ncccc1C(=O)NCc1ccnc([C@@H]2CN(C)CCO2)n1. The molecule has 0 saturated carbocycles. The van der Waals surface area contributed by atoms with E-state index in [9.17, 15) is 4.79 Å². The number of hydrogen-bond donors (Lipinski definition) is 1. The van der Waals surface area contributed by atoms with Gasteiger partial charge in [-0.05, 0) is 32.2 Å². The lowest BCUT2D eigenvalue weighted by Gasteiger charge is -2.29. The van der Waals surface area contributed by atoms with Crippen molar-refractivity contribution in [2.45, 2.75) is 19.6 Å². The number of ether oxygens (including phenoxy) is 1. The maximum absolute atomic E-state index is 12.2. The van der Waals surface area contributed by atoms with Crippen LogP contribution in [0.5, 0.6) is 0 Å². The fourth-order valence-electron chi connectivity index (χ4n) is 2.59. The van der Waals surface area contributed by atoms with Gasteiger partial charge in [-0.3, -0.25) is 9.78 Å². The summed E-state index contributed by atoms with van der Waals surface area (Å²) in [7, 11) is 2.05. The number of rotatable bonds is 4. The van der Waals surface area contributed by atoms with Crippen LogP contribution in [0.25, 0.3) is 0 Å². The van der Waals surface area contributed by atoms with Crippen LogP contribution in [0.1, 0.15) is 33.7 Å². The van der Waals surface area contributed by atoms with Gasteiger partial charge in [-0.25, -0.2) is 9.97 Å². The highest BCUT2D eigenvalue weighted by atomic mass is 16.5. The van der Waals surface area contributed by atoms with Crippen molar-refractivity contribution >= 4 is 5.91 Å². The van der Waals surface area contributed by atoms with Crippen molar-refractivity contribution in [3.8, 4) is 0 Å². The number of amides is 1. The van der Waals surface area contributed by atoms with E-state index in [0.717, 1.165) is 18.8 Å². The first-order chi connectivity index (χ1) is 11.6. The van der Waals surface area contributed by atoms with E-state index < -0.39 is 0 Å². The topological polar surface area (TPSA) is 80.2 Å². The molecular formula is C17H21N5O2. The fourth-order valence-corrected chi connectivity index (χ4v) is 2.59. The Morgan fingerprint density at radius 1 is 1.38 bits per heavy atom. The van der Waals surface area contributed by atoms with Crippen molar-refractivity contribution < 1.29 is 9.53 Å². The molecule has 3 rings (SSSR count). The van der Waals surface area contributed by atoms with Gasteiger partial charge >= 0.3 is 0 Å². The molecule has 0 aromatic carbocycles. The Morgan fingerprint density at radius 2 is 2.25 bits per heavy atom. The minimum Gasteiger partial charge on any atom is -0.368 e. The first kappa shape index (κ1) is 16.5. The highest BCUT2D eigenvalue weighted by Crippen LogP contribution is 2.18. The second-order valence-corrected chi connectivity index (χ2v) is 5.85. The lowest BCUT2D eigenvalue weighted by molar-refractivity contribution is -0.0256. The Morgan fingerprint density at radius 3 is 3.04 bits per heavy atom. The Labute approximate surface area is 141 Å². The maximum Gasteiger partial charge on any atom is 0.253 e. The summed E-state index contributed by atoms with van der Waals surface area (Å²) in [6.07, 6.45) is 3.25. The van der Waals surface area contributed by atoms with Gasteiger partial charge in [-0.1, -0.05) is 0 Å². The van der Waals surface area contributed by atoms with Crippen LogP contribution in [0.3, 0.4) is 0 Å². The maximum atomic E-state index is 12.2. The van der Waals surface area contributed by atoms with Gasteiger partial charge < -0.3 is 15.0 Å². The predicted octanol–water partition coefficient (Wildman–Crippen LogP) is 1.11. The first-order valence-corrected chi connectivity index (χ1v) is 7.95. The van der Waals surface area contributed by atoms with E-state index in [1.54, 1.807) is 30.6 Å². The number of hydrogen-bond acceptors (Lipinski definition) is 6. The van der Waals surface area contributed by atoms with Gasteiger partial charge in [0, 0.05) is 31.2 Å². The summed E-state index contributed by atoms with van der Waals surface area (Å²) in [5, 5.41) is 2.87. The Hall–Kier alpha value is -2.38. The van der Waals surface area contributed by atoms with Crippen LogP contribution >= 0.6 is 0 Å². The van der Waals surface area contributed by atoms with E-state index >= 15 is 0 Å². The summed E-state index contributed by atoms with van der Waals surface area (Å²) in [6, 6.07) is 5.31. The quantitative estimate of drug-likeness (QED) is 0.906. The lowest BCUT2D eigenvalue weighted by atomic mass is 10.2. The first-order valence-electron chi connectivity index (χ1n) is 7.95. The van der Waals surface area contributed by atoms with E-state index in [0.29, 0.717) is 30.2 Å². The molecule has 126 valence electrons. The smallest absolute Gasteiger partial charge is 0.253 e. The number of carbonyl (C=O) groups is 1. The summed E-state index contributed by atoms with van der Waals surface area (Å²) in [5.41, 5.74) is 2.03. The molecule has 0 aliphatic carbocycles. The summed E-state index contributed by atoms with van der Waals surface area (Å²) < 4.78 is 5.74. The molecule has 1 fully saturated rings. The highest BCUT2D eigenvalue weighted by molar-refractivity contribution is 5.95. The second kappa shape index (κ2) is 7.46. The number of carbonyl (C=O) groups excluding carboxylic acids is 1. The molecule has 1 saturated heterocycles. The normalized spacial score (nSPS) is 18.3. The Kier molecular flexibility index (Phi) is 5.12. The number of nitrogens with zero attached hydrogens (tertiary/aromatic N) is 4. The van der Waals surface area contributed by atoms with Crippen molar-refractivity contribution in [3.63, 3.8) is 0 Å². The summed E-state index contributed by atoms with van der Waals surface area (Å²) >= 11 is 0.